The van der Waals surface area contributed by atoms with Gasteiger partial charge >= 0.3 is 5.97 Å². The summed E-state index contributed by atoms with van der Waals surface area (Å²) < 4.78 is 26.7. The van der Waals surface area contributed by atoms with Crippen molar-refractivity contribution < 1.29 is 18.3 Å². The molecule has 1 atom stereocenters. The molecule has 0 aromatic heterocycles. The van der Waals surface area contributed by atoms with Crippen molar-refractivity contribution in [3.63, 3.8) is 0 Å². The first kappa shape index (κ1) is 16.5. The fourth-order valence-corrected chi connectivity index (χ4v) is 3.41. The van der Waals surface area contributed by atoms with Gasteiger partial charge in [0.1, 0.15) is 6.04 Å². The number of hydrogen-bond acceptors (Lipinski definition) is 3. The van der Waals surface area contributed by atoms with Crippen LogP contribution in [0, 0.1) is 0 Å². The smallest absolute Gasteiger partial charge is 0.322 e. The summed E-state index contributed by atoms with van der Waals surface area (Å²) in [6, 6.07) is 13.2. The highest BCUT2D eigenvalue weighted by Crippen LogP contribution is 2.16. The average Bonchev–Trinajstić information content (AvgIpc) is 2.47. The molecule has 0 saturated heterocycles. The van der Waals surface area contributed by atoms with Crippen LogP contribution in [0.5, 0.6) is 0 Å². The zero-order valence-corrected chi connectivity index (χ0v) is 13.0. The van der Waals surface area contributed by atoms with Crippen molar-refractivity contribution in [1.82, 2.24) is 4.72 Å². The van der Waals surface area contributed by atoms with E-state index in [1.54, 1.807) is 36.4 Å². The minimum absolute atomic E-state index is 0.0516. The fourth-order valence-electron chi connectivity index (χ4n) is 1.92. The first-order valence-corrected chi connectivity index (χ1v) is 8.29. The predicted molar refractivity (Wildman–Crippen MR) is 83.3 cm³/mol. The first-order valence-electron chi connectivity index (χ1n) is 6.43. The normalized spacial score (nSPS) is 12.8. The highest BCUT2D eigenvalue weighted by Gasteiger charge is 2.25. The molecule has 0 heterocycles. The number of carboxylic acid groups (broad SMARTS) is 1. The number of carbonyl (C=O) groups is 1. The number of sulfonamides is 1. The molecule has 7 heteroatoms. The Kier molecular flexibility index (Phi) is 5.18. The van der Waals surface area contributed by atoms with E-state index in [1.807, 2.05) is 0 Å². The van der Waals surface area contributed by atoms with Crippen LogP contribution in [0.3, 0.4) is 0 Å². The maximum atomic E-state index is 12.3. The first-order chi connectivity index (χ1) is 10.4. The van der Waals surface area contributed by atoms with Crippen LogP contribution in [0.4, 0.5) is 0 Å². The Morgan fingerprint density at radius 2 is 1.82 bits per heavy atom. The number of aliphatic carboxylic acids is 1. The lowest BCUT2D eigenvalue weighted by molar-refractivity contribution is -0.138. The van der Waals surface area contributed by atoms with E-state index in [0.717, 1.165) is 5.56 Å². The molecule has 0 unspecified atom stereocenters. The zero-order valence-electron chi connectivity index (χ0n) is 11.4. The Morgan fingerprint density at radius 3 is 2.41 bits per heavy atom. The number of nitrogens with one attached hydrogen (secondary N) is 1. The quantitative estimate of drug-likeness (QED) is 0.846. The molecule has 116 valence electrons. The Labute approximate surface area is 133 Å². The molecule has 2 aromatic carbocycles. The fraction of sp³-hybridized carbons (Fsp3) is 0.133. The van der Waals surface area contributed by atoms with Gasteiger partial charge in [-0.25, -0.2) is 8.42 Å². The third kappa shape index (κ3) is 4.30. The third-order valence-electron chi connectivity index (χ3n) is 2.98. The largest absolute Gasteiger partial charge is 0.480 e. The monoisotopic (exact) mass is 339 g/mol. The Balaban J connectivity index is 2.22. The van der Waals surface area contributed by atoms with Crippen LogP contribution < -0.4 is 4.72 Å². The molecule has 0 aliphatic carbocycles. The van der Waals surface area contributed by atoms with Gasteiger partial charge in [-0.1, -0.05) is 48.0 Å². The second-order valence-corrected chi connectivity index (χ2v) is 6.81. The van der Waals surface area contributed by atoms with Gasteiger partial charge in [-0.15, -0.1) is 0 Å². The van der Waals surface area contributed by atoms with Crippen molar-refractivity contribution in [2.75, 3.05) is 0 Å². The van der Waals surface area contributed by atoms with Gasteiger partial charge in [0.05, 0.1) is 4.90 Å². The third-order valence-corrected chi connectivity index (χ3v) is 4.69. The topological polar surface area (TPSA) is 83.5 Å². The molecule has 0 amide bonds. The van der Waals surface area contributed by atoms with Crippen molar-refractivity contribution >= 4 is 27.6 Å². The van der Waals surface area contributed by atoms with Crippen LogP contribution in [0.25, 0.3) is 0 Å². The summed E-state index contributed by atoms with van der Waals surface area (Å²) in [7, 11) is -3.96. The molecule has 0 aliphatic rings. The summed E-state index contributed by atoms with van der Waals surface area (Å²) >= 11 is 5.77. The molecule has 0 radical (unpaired) electrons. The van der Waals surface area contributed by atoms with Crippen LogP contribution in [-0.2, 0) is 21.2 Å². The van der Waals surface area contributed by atoms with E-state index in [1.165, 1.54) is 18.2 Å². The number of hydrogen-bond donors (Lipinski definition) is 2. The zero-order chi connectivity index (χ0) is 16.2. The van der Waals surface area contributed by atoms with Gasteiger partial charge in [0.2, 0.25) is 10.0 Å². The van der Waals surface area contributed by atoms with Gasteiger partial charge in [0.15, 0.2) is 0 Å². The minimum Gasteiger partial charge on any atom is -0.480 e. The lowest BCUT2D eigenvalue weighted by Crippen LogP contribution is -2.42. The van der Waals surface area contributed by atoms with Gasteiger partial charge in [0.25, 0.3) is 0 Å². The van der Waals surface area contributed by atoms with E-state index in [0.29, 0.717) is 0 Å². The van der Waals surface area contributed by atoms with E-state index in [4.69, 9.17) is 11.6 Å². The van der Waals surface area contributed by atoms with Crippen molar-refractivity contribution in [1.29, 1.82) is 0 Å². The molecule has 2 aromatic rings. The molecule has 0 bridgehead atoms. The van der Waals surface area contributed by atoms with Crippen LogP contribution >= 0.6 is 11.6 Å². The molecular weight excluding hydrogens is 326 g/mol. The second kappa shape index (κ2) is 6.91. The standard InChI is InChI=1S/C15H14ClNO4S/c16-12-7-4-8-13(10-12)22(20,21)17-14(15(18)19)9-11-5-2-1-3-6-11/h1-8,10,14,17H,9H2,(H,18,19)/t14-/m0/s1. The summed E-state index contributed by atoms with van der Waals surface area (Å²) in [5.74, 6) is -1.24. The van der Waals surface area contributed by atoms with E-state index in [-0.39, 0.29) is 16.3 Å². The van der Waals surface area contributed by atoms with Crippen molar-refractivity contribution in [3.05, 3.63) is 65.2 Å². The SMILES string of the molecule is O=C(O)[C@H](Cc1ccccc1)NS(=O)(=O)c1cccc(Cl)c1. The van der Waals surface area contributed by atoms with E-state index in [2.05, 4.69) is 4.72 Å². The minimum atomic E-state index is -3.96. The van der Waals surface area contributed by atoms with Gasteiger partial charge in [-0.3, -0.25) is 4.79 Å². The number of rotatable bonds is 6. The molecule has 0 aliphatic heterocycles. The van der Waals surface area contributed by atoms with Crippen molar-refractivity contribution in [2.24, 2.45) is 0 Å². The molecule has 2 N–H and O–H groups in total. The highest BCUT2D eigenvalue weighted by molar-refractivity contribution is 7.89. The summed E-state index contributed by atoms with van der Waals surface area (Å²) in [5, 5.41) is 9.51. The maximum Gasteiger partial charge on any atom is 0.322 e. The Hall–Kier alpha value is -1.89. The van der Waals surface area contributed by atoms with E-state index in [9.17, 15) is 18.3 Å². The number of carboxylic acids is 1. The van der Waals surface area contributed by atoms with Crippen molar-refractivity contribution in [3.8, 4) is 0 Å². The Bertz CT molecular complexity index is 762. The van der Waals surface area contributed by atoms with Gasteiger partial charge in [-0.2, -0.15) is 4.72 Å². The molecule has 0 spiro atoms. The predicted octanol–water partition coefficient (Wildman–Crippen LogP) is 2.31. The summed E-state index contributed by atoms with van der Waals surface area (Å²) in [6.45, 7) is 0. The van der Waals surface area contributed by atoms with E-state index >= 15 is 0 Å². The average molecular weight is 340 g/mol. The molecule has 5 nitrogen and oxygen atoms in total. The van der Waals surface area contributed by atoms with E-state index < -0.39 is 22.0 Å². The van der Waals surface area contributed by atoms with Gasteiger partial charge < -0.3 is 5.11 Å². The van der Waals surface area contributed by atoms with Crippen LogP contribution in [-0.4, -0.2) is 25.5 Å². The number of benzene rings is 2. The molecule has 2 rings (SSSR count). The summed E-state index contributed by atoms with van der Waals surface area (Å²) in [6.07, 6.45) is 0.0516. The van der Waals surface area contributed by atoms with Gasteiger partial charge in [0, 0.05) is 5.02 Å². The molecular formula is C15H14ClNO4S. The van der Waals surface area contributed by atoms with Crippen LogP contribution in [0.1, 0.15) is 5.56 Å². The summed E-state index contributed by atoms with van der Waals surface area (Å²) in [5.41, 5.74) is 0.726. The van der Waals surface area contributed by atoms with Crippen LogP contribution in [0.2, 0.25) is 5.02 Å². The Morgan fingerprint density at radius 1 is 1.14 bits per heavy atom. The molecule has 22 heavy (non-hydrogen) atoms. The van der Waals surface area contributed by atoms with Gasteiger partial charge in [-0.05, 0) is 30.2 Å². The summed E-state index contributed by atoms with van der Waals surface area (Å²) in [4.78, 5) is 11.3. The lowest BCUT2D eigenvalue weighted by atomic mass is 10.1. The van der Waals surface area contributed by atoms with Crippen LogP contribution in [0.15, 0.2) is 59.5 Å². The molecule has 0 fully saturated rings. The highest BCUT2D eigenvalue weighted by atomic mass is 35.5. The maximum absolute atomic E-state index is 12.3. The lowest BCUT2D eigenvalue weighted by Gasteiger charge is -2.15. The number of halogens is 1. The second-order valence-electron chi connectivity index (χ2n) is 4.66. The molecule has 0 saturated carbocycles. The van der Waals surface area contributed by atoms with Crippen molar-refractivity contribution in [2.45, 2.75) is 17.4 Å².